The Bertz CT molecular complexity index is 1360. The van der Waals surface area contributed by atoms with Gasteiger partial charge in [0.2, 0.25) is 5.91 Å². The summed E-state index contributed by atoms with van der Waals surface area (Å²) in [5.41, 5.74) is 8.11. The van der Waals surface area contributed by atoms with Crippen LogP contribution in [0.1, 0.15) is 77.8 Å². The lowest BCUT2D eigenvalue weighted by Gasteiger charge is -2.34. The molecule has 1 aromatic carbocycles. The van der Waals surface area contributed by atoms with Gasteiger partial charge in [0.25, 0.3) is 11.8 Å². The number of pyridine rings is 1. The topological polar surface area (TPSA) is 149 Å². The number of aromatic nitrogens is 3. The van der Waals surface area contributed by atoms with Gasteiger partial charge in [-0.1, -0.05) is 32.1 Å². The second-order valence-corrected chi connectivity index (χ2v) is 9.19. The Kier molecular flexibility index (Phi) is 8.20. The second-order valence-electron chi connectivity index (χ2n) is 9.19. The minimum Gasteiger partial charge on any atom is -0.364 e. The summed E-state index contributed by atoms with van der Waals surface area (Å²) >= 11 is 0. The molecule has 38 heavy (non-hydrogen) atoms. The standard InChI is InChI=1S/C28H33N7O3/c1-3-5-9-23(36)34-16-7-6-8-21(34)27-33-24(25(26(29)37)35(27)30)19-10-12-20(13-11-19)28(38)32-22-17-18(4-2)14-15-31-22/h5,9-15,17,21H,3-4,6-8,16,30H2,1-2H3,(H2,29,37)(H,31,32,38)/b9-5+/t21-/m0/s1. The van der Waals surface area contributed by atoms with Crippen LogP contribution in [0.2, 0.25) is 0 Å². The van der Waals surface area contributed by atoms with Crippen molar-refractivity contribution in [1.82, 2.24) is 19.5 Å². The molecular formula is C28H33N7O3. The molecule has 1 atom stereocenters. The molecule has 3 amide bonds. The minimum absolute atomic E-state index is 0.0415. The van der Waals surface area contributed by atoms with Crippen molar-refractivity contribution in [3.8, 4) is 11.3 Å². The van der Waals surface area contributed by atoms with Crippen LogP contribution in [-0.4, -0.2) is 43.8 Å². The number of primary amides is 1. The lowest BCUT2D eigenvalue weighted by molar-refractivity contribution is -0.130. The zero-order valence-corrected chi connectivity index (χ0v) is 21.7. The average molecular weight is 516 g/mol. The highest BCUT2D eigenvalue weighted by molar-refractivity contribution is 6.04. The molecule has 0 unspecified atom stereocenters. The van der Waals surface area contributed by atoms with E-state index in [2.05, 4.69) is 10.3 Å². The van der Waals surface area contributed by atoms with Crippen LogP contribution in [0.15, 0.2) is 54.7 Å². The molecule has 0 bridgehead atoms. The number of benzene rings is 1. The maximum absolute atomic E-state index is 12.8. The first-order valence-electron chi connectivity index (χ1n) is 12.8. The molecule has 1 saturated heterocycles. The van der Waals surface area contributed by atoms with Gasteiger partial charge < -0.3 is 21.8 Å². The van der Waals surface area contributed by atoms with Gasteiger partial charge in [0.15, 0.2) is 11.5 Å². The van der Waals surface area contributed by atoms with Crippen LogP contribution >= 0.6 is 0 Å². The summed E-state index contributed by atoms with van der Waals surface area (Å²) in [6.07, 6.45) is 9.08. The van der Waals surface area contributed by atoms with Gasteiger partial charge in [-0.05, 0) is 68.0 Å². The summed E-state index contributed by atoms with van der Waals surface area (Å²) in [5, 5.41) is 2.80. The number of anilines is 1. The van der Waals surface area contributed by atoms with E-state index in [1.165, 1.54) is 4.68 Å². The zero-order valence-electron chi connectivity index (χ0n) is 21.7. The van der Waals surface area contributed by atoms with E-state index < -0.39 is 5.91 Å². The normalized spacial score (nSPS) is 15.5. The maximum atomic E-state index is 12.8. The number of carbonyl (C=O) groups is 3. The molecule has 1 aliphatic heterocycles. The van der Waals surface area contributed by atoms with Gasteiger partial charge in [0.05, 0.1) is 6.04 Å². The molecule has 0 spiro atoms. The van der Waals surface area contributed by atoms with Crippen molar-refractivity contribution >= 4 is 23.5 Å². The number of nitrogen functional groups attached to an aromatic ring is 1. The molecule has 1 fully saturated rings. The largest absolute Gasteiger partial charge is 0.364 e. The Morgan fingerprint density at radius 2 is 1.89 bits per heavy atom. The van der Waals surface area contributed by atoms with Crippen molar-refractivity contribution < 1.29 is 14.4 Å². The average Bonchev–Trinajstić information content (AvgIpc) is 3.28. The number of rotatable bonds is 8. The zero-order chi connectivity index (χ0) is 27.2. The van der Waals surface area contributed by atoms with Gasteiger partial charge in [0.1, 0.15) is 11.5 Å². The van der Waals surface area contributed by atoms with E-state index in [-0.39, 0.29) is 23.6 Å². The first-order chi connectivity index (χ1) is 18.3. The third kappa shape index (κ3) is 5.59. The molecule has 3 aromatic rings. The number of aryl methyl sites for hydroxylation is 1. The number of hydrogen-bond donors (Lipinski definition) is 3. The van der Waals surface area contributed by atoms with Gasteiger partial charge in [-0.2, -0.15) is 0 Å². The number of likely N-dealkylation sites (tertiary alicyclic amines) is 1. The second kappa shape index (κ2) is 11.7. The highest BCUT2D eigenvalue weighted by Gasteiger charge is 2.33. The number of nitrogens with zero attached hydrogens (tertiary/aromatic N) is 4. The number of nitrogens with two attached hydrogens (primary N) is 2. The maximum Gasteiger partial charge on any atom is 0.269 e. The van der Waals surface area contributed by atoms with Crippen LogP contribution in [-0.2, 0) is 11.2 Å². The summed E-state index contributed by atoms with van der Waals surface area (Å²) in [7, 11) is 0. The molecule has 0 aliphatic carbocycles. The van der Waals surface area contributed by atoms with E-state index in [0.717, 1.165) is 31.2 Å². The fraction of sp³-hybridized carbons (Fsp3) is 0.321. The van der Waals surface area contributed by atoms with E-state index in [1.54, 1.807) is 41.4 Å². The lowest BCUT2D eigenvalue weighted by atomic mass is 10.0. The van der Waals surface area contributed by atoms with Gasteiger partial charge in [0, 0.05) is 23.9 Å². The van der Waals surface area contributed by atoms with E-state index in [4.69, 9.17) is 16.6 Å². The summed E-state index contributed by atoms with van der Waals surface area (Å²) in [5.74, 6) is 6.06. The Morgan fingerprint density at radius 1 is 1.13 bits per heavy atom. The van der Waals surface area contributed by atoms with Crippen LogP contribution < -0.4 is 16.9 Å². The van der Waals surface area contributed by atoms with E-state index in [0.29, 0.717) is 41.4 Å². The Labute approximate surface area is 221 Å². The van der Waals surface area contributed by atoms with Gasteiger partial charge in [-0.3, -0.25) is 14.4 Å². The van der Waals surface area contributed by atoms with Crippen molar-refractivity contribution in [3.05, 3.63) is 77.4 Å². The number of allylic oxidation sites excluding steroid dienone is 1. The van der Waals surface area contributed by atoms with E-state index >= 15 is 0 Å². The van der Waals surface area contributed by atoms with Gasteiger partial charge >= 0.3 is 0 Å². The fourth-order valence-electron chi connectivity index (χ4n) is 4.63. The molecule has 198 valence electrons. The van der Waals surface area contributed by atoms with Crippen LogP contribution in [0.25, 0.3) is 11.3 Å². The van der Waals surface area contributed by atoms with Gasteiger partial charge in [-0.25, -0.2) is 14.6 Å². The molecule has 3 heterocycles. The van der Waals surface area contributed by atoms with Crippen LogP contribution in [0.3, 0.4) is 0 Å². The quantitative estimate of drug-likeness (QED) is 0.308. The molecule has 4 rings (SSSR count). The number of imidazole rings is 1. The summed E-state index contributed by atoms with van der Waals surface area (Å²) in [6, 6.07) is 10.0. The Balaban J connectivity index is 1.63. The summed E-state index contributed by atoms with van der Waals surface area (Å²) in [6.45, 7) is 4.57. The summed E-state index contributed by atoms with van der Waals surface area (Å²) < 4.78 is 1.20. The van der Waals surface area contributed by atoms with Crippen LogP contribution in [0.5, 0.6) is 0 Å². The van der Waals surface area contributed by atoms with E-state index in [9.17, 15) is 14.4 Å². The van der Waals surface area contributed by atoms with Crippen molar-refractivity contribution in [1.29, 1.82) is 0 Å². The first kappa shape index (κ1) is 26.6. The highest BCUT2D eigenvalue weighted by Crippen LogP contribution is 2.33. The molecule has 10 nitrogen and oxygen atoms in total. The molecule has 2 aromatic heterocycles. The molecule has 5 N–H and O–H groups in total. The number of nitrogens with one attached hydrogen (secondary N) is 1. The predicted molar refractivity (Wildman–Crippen MR) is 146 cm³/mol. The van der Waals surface area contributed by atoms with Gasteiger partial charge in [-0.15, -0.1) is 0 Å². The van der Waals surface area contributed by atoms with Crippen molar-refractivity contribution in [3.63, 3.8) is 0 Å². The molecule has 0 radical (unpaired) electrons. The summed E-state index contributed by atoms with van der Waals surface area (Å²) in [4.78, 5) is 48.7. The monoisotopic (exact) mass is 515 g/mol. The molecule has 0 saturated carbocycles. The fourth-order valence-corrected chi connectivity index (χ4v) is 4.63. The Morgan fingerprint density at radius 3 is 2.58 bits per heavy atom. The molecule has 1 aliphatic rings. The van der Waals surface area contributed by atoms with Crippen molar-refractivity contribution in [2.24, 2.45) is 5.73 Å². The van der Waals surface area contributed by atoms with Crippen molar-refractivity contribution in [2.45, 2.75) is 52.0 Å². The highest BCUT2D eigenvalue weighted by atomic mass is 16.2. The lowest BCUT2D eigenvalue weighted by Crippen LogP contribution is -2.40. The SMILES string of the molecule is CC/C=C/C(=O)N1CCCC[C@H]1c1nc(-c2ccc(C(=O)Nc3cc(CC)ccn3)cc2)c(C(N)=O)n1N. The van der Waals surface area contributed by atoms with E-state index in [1.807, 2.05) is 32.1 Å². The smallest absolute Gasteiger partial charge is 0.269 e. The van der Waals surface area contributed by atoms with Crippen LogP contribution in [0.4, 0.5) is 5.82 Å². The van der Waals surface area contributed by atoms with Crippen LogP contribution in [0, 0.1) is 0 Å². The molecule has 10 heteroatoms. The number of piperidine rings is 1. The number of hydrogen-bond acceptors (Lipinski definition) is 6. The Hall–Kier alpha value is -4.47. The van der Waals surface area contributed by atoms with Crippen molar-refractivity contribution in [2.75, 3.05) is 17.7 Å². The first-order valence-corrected chi connectivity index (χ1v) is 12.8. The third-order valence-electron chi connectivity index (χ3n) is 6.65. The number of amides is 3. The third-order valence-corrected chi connectivity index (χ3v) is 6.65. The predicted octanol–water partition coefficient (Wildman–Crippen LogP) is 3.59. The number of carbonyl (C=O) groups excluding carboxylic acids is 3. The molecular weight excluding hydrogens is 482 g/mol. The minimum atomic E-state index is -0.732.